The van der Waals surface area contributed by atoms with E-state index in [-0.39, 0.29) is 11.9 Å². The molecule has 1 saturated carbocycles. The highest BCUT2D eigenvalue weighted by molar-refractivity contribution is 8.26. The molecule has 0 radical (unpaired) electrons. The highest BCUT2D eigenvalue weighted by atomic mass is 35.5. The van der Waals surface area contributed by atoms with Gasteiger partial charge in [0, 0.05) is 34.0 Å². The van der Waals surface area contributed by atoms with Crippen molar-refractivity contribution in [3.8, 4) is 22.7 Å². The number of benzene rings is 3. The zero-order valence-corrected chi connectivity index (χ0v) is 23.5. The number of halogens is 1. The summed E-state index contributed by atoms with van der Waals surface area (Å²) in [5.41, 5.74) is 4.43. The van der Waals surface area contributed by atoms with Gasteiger partial charge in [0.05, 0.1) is 16.3 Å². The minimum atomic E-state index is -0.00127. The van der Waals surface area contributed by atoms with E-state index in [4.69, 9.17) is 33.7 Å². The number of ether oxygens (including phenoxy) is 1. The van der Waals surface area contributed by atoms with Crippen LogP contribution in [0.5, 0.6) is 5.75 Å². The summed E-state index contributed by atoms with van der Waals surface area (Å²) in [5, 5.41) is 5.60. The van der Waals surface area contributed by atoms with Crippen molar-refractivity contribution in [1.29, 1.82) is 0 Å². The van der Waals surface area contributed by atoms with Crippen LogP contribution in [0.25, 0.3) is 23.0 Å². The first-order valence-electron chi connectivity index (χ1n) is 13.0. The monoisotopic (exact) mass is 571 g/mol. The Bertz CT molecular complexity index is 1540. The number of para-hydroxylation sites is 1. The molecule has 2 fully saturated rings. The maximum Gasteiger partial charge on any atom is 0.266 e. The first-order valence-corrected chi connectivity index (χ1v) is 14.6. The Labute approximate surface area is 242 Å². The van der Waals surface area contributed by atoms with Crippen molar-refractivity contribution in [2.75, 3.05) is 0 Å². The zero-order chi connectivity index (χ0) is 26.8. The maximum absolute atomic E-state index is 13.4. The third-order valence-corrected chi connectivity index (χ3v) is 8.74. The summed E-state index contributed by atoms with van der Waals surface area (Å²) in [7, 11) is 0. The molecule has 2 aliphatic rings. The average Bonchev–Trinajstić information content (AvgIpc) is 3.69. The Morgan fingerprint density at radius 3 is 2.46 bits per heavy atom. The minimum absolute atomic E-state index is 0.00127. The maximum atomic E-state index is 13.4. The molecule has 1 aliphatic heterocycles. The lowest BCUT2D eigenvalue weighted by atomic mass is 10.1. The molecule has 196 valence electrons. The summed E-state index contributed by atoms with van der Waals surface area (Å²) in [6.07, 6.45) is 8.22. The number of rotatable bonds is 7. The third kappa shape index (κ3) is 5.53. The van der Waals surface area contributed by atoms with Crippen LogP contribution in [0.4, 0.5) is 0 Å². The first-order chi connectivity index (χ1) is 19.1. The van der Waals surface area contributed by atoms with Crippen LogP contribution < -0.4 is 4.74 Å². The standard InChI is InChI=1S/C31H26ClN3O2S2/c32-27-13-7-4-8-22(27)20-37-26-16-14-21(15-17-26)29-23(19-34(33-29)24-9-2-1-3-10-24)18-28-30(36)35(31(38)39-28)25-11-5-6-12-25/h1-4,7-10,13-19,25H,5-6,11-12,20H2. The van der Waals surface area contributed by atoms with Gasteiger partial charge < -0.3 is 4.74 Å². The number of aromatic nitrogens is 2. The number of amides is 1. The van der Waals surface area contributed by atoms with E-state index >= 15 is 0 Å². The molecule has 4 aromatic rings. The number of hydrogen-bond donors (Lipinski definition) is 0. The van der Waals surface area contributed by atoms with Gasteiger partial charge in [0.25, 0.3) is 5.91 Å². The van der Waals surface area contributed by atoms with Crippen molar-refractivity contribution in [2.45, 2.75) is 38.3 Å². The molecule has 0 atom stereocenters. The predicted molar refractivity (Wildman–Crippen MR) is 162 cm³/mol. The lowest BCUT2D eigenvalue weighted by molar-refractivity contribution is -0.123. The van der Waals surface area contributed by atoms with E-state index in [0.717, 1.165) is 59.5 Å². The molecule has 0 unspecified atom stereocenters. The minimum Gasteiger partial charge on any atom is -0.489 e. The van der Waals surface area contributed by atoms with Crippen molar-refractivity contribution in [1.82, 2.24) is 14.7 Å². The van der Waals surface area contributed by atoms with Crippen molar-refractivity contribution in [2.24, 2.45) is 0 Å². The summed E-state index contributed by atoms with van der Waals surface area (Å²) in [5.74, 6) is 0.735. The number of hydrogen-bond acceptors (Lipinski definition) is 5. The number of nitrogens with zero attached hydrogens (tertiary/aromatic N) is 3. The summed E-state index contributed by atoms with van der Waals surface area (Å²) in [6.45, 7) is 0.385. The van der Waals surface area contributed by atoms with Crippen LogP contribution in [-0.4, -0.2) is 30.9 Å². The molecule has 1 amide bonds. The lowest BCUT2D eigenvalue weighted by Gasteiger charge is -2.21. The molecular weight excluding hydrogens is 546 g/mol. The van der Waals surface area contributed by atoms with Gasteiger partial charge in [-0.3, -0.25) is 9.69 Å². The third-order valence-electron chi connectivity index (χ3n) is 7.04. The normalized spacial score (nSPS) is 16.9. The number of carbonyl (C=O) groups is 1. The Hall–Kier alpha value is -3.39. The predicted octanol–water partition coefficient (Wildman–Crippen LogP) is 7.92. The molecule has 8 heteroatoms. The molecule has 39 heavy (non-hydrogen) atoms. The Morgan fingerprint density at radius 2 is 1.72 bits per heavy atom. The van der Waals surface area contributed by atoms with Gasteiger partial charge in [-0.25, -0.2) is 4.68 Å². The summed E-state index contributed by atoms with van der Waals surface area (Å²) in [6, 6.07) is 25.6. The molecule has 0 N–H and O–H groups in total. The van der Waals surface area contributed by atoms with Crippen molar-refractivity contribution in [3.63, 3.8) is 0 Å². The Morgan fingerprint density at radius 1 is 1.00 bits per heavy atom. The van der Waals surface area contributed by atoms with Gasteiger partial charge in [-0.05, 0) is 61.4 Å². The molecule has 1 saturated heterocycles. The van der Waals surface area contributed by atoms with E-state index in [9.17, 15) is 4.79 Å². The van der Waals surface area contributed by atoms with Gasteiger partial charge in [-0.2, -0.15) is 5.10 Å². The van der Waals surface area contributed by atoms with Crippen LogP contribution in [0.3, 0.4) is 0 Å². The molecule has 6 rings (SSSR count). The molecular formula is C31H26ClN3O2S2. The van der Waals surface area contributed by atoms with Crippen LogP contribution in [0.1, 0.15) is 36.8 Å². The second-order valence-electron chi connectivity index (χ2n) is 9.61. The van der Waals surface area contributed by atoms with Gasteiger partial charge in [-0.15, -0.1) is 0 Å². The topological polar surface area (TPSA) is 47.4 Å². The van der Waals surface area contributed by atoms with Crippen LogP contribution >= 0.6 is 35.6 Å². The fourth-order valence-corrected chi connectivity index (χ4v) is 6.60. The van der Waals surface area contributed by atoms with E-state index in [1.807, 2.05) is 101 Å². The number of thioether (sulfide) groups is 1. The van der Waals surface area contributed by atoms with E-state index in [1.54, 1.807) is 0 Å². The highest BCUT2D eigenvalue weighted by Gasteiger charge is 2.38. The largest absolute Gasteiger partial charge is 0.489 e. The van der Waals surface area contributed by atoms with Crippen molar-refractivity contribution < 1.29 is 9.53 Å². The highest BCUT2D eigenvalue weighted by Crippen LogP contribution is 2.39. The number of carbonyl (C=O) groups excluding carboxylic acids is 1. The smallest absolute Gasteiger partial charge is 0.266 e. The fourth-order valence-electron chi connectivity index (χ4n) is 5.01. The molecule has 1 aliphatic carbocycles. The summed E-state index contributed by atoms with van der Waals surface area (Å²) >= 11 is 13.3. The zero-order valence-electron chi connectivity index (χ0n) is 21.1. The quantitative estimate of drug-likeness (QED) is 0.167. The molecule has 5 nitrogen and oxygen atoms in total. The van der Waals surface area contributed by atoms with Crippen LogP contribution in [0.15, 0.2) is 90.0 Å². The van der Waals surface area contributed by atoms with Gasteiger partial charge in [0.15, 0.2) is 0 Å². The second-order valence-corrected chi connectivity index (χ2v) is 11.7. The average molecular weight is 572 g/mol. The molecule has 1 aromatic heterocycles. The van der Waals surface area contributed by atoms with E-state index in [2.05, 4.69) is 0 Å². The summed E-state index contributed by atoms with van der Waals surface area (Å²) < 4.78 is 8.47. The van der Waals surface area contributed by atoms with Crippen LogP contribution in [0, 0.1) is 0 Å². The SMILES string of the molecule is O=C1C(=Cc2cn(-c3ccccc3)nc2-c2ccc(OCc3ccccc3Cl)cc2)SC(=S)N1C1CCCC1. The fraction of sp³-hybridized carbons (Fsp3) is 0.194. The van der Waals surface area contributed by atoms with Gasteiger partial charge in [-0.1, -0.05) is 84.8 Å². The lowest BCUT2D eigenvalue weighted by Crippen LogP contribution is -2.36. The molecule has 0 spiro atoms. The molecule has 3 aromatic carbocycles. The van der Waals surface area contributed by atoms with E-state index in [0.29, 0.717) is 20.9 Å². The van der Waals surface area contributed by atoms with E-state index < -0.39 is 0 Å². The molecule has 0 bridgehead atoms. The van der Waals surface area contributed by atoms with Crippen LogP contribution in [0.2, 0.25) is 5.02 Å². The van der Waals surface area contributed by atoms with Gasteiger partial charge in [0.1, 0.15) is 16.7 Å². The van der Waals surface area contributed by atoms with Crippen LogP contribution in [-0.2, 0) is 11.4 Å². The van der Waals surface area contributed by atoms with Gasteiger partial charge in [0.2, 0.25) is 0 Å². The second kappa shape index (κ2) is 11.4. The van der Waals surface area contributed by atoms with E-state index in [1.165, 1.54) is 11.8 Å². The van der Waals surface area contributed by atoms with Gasteiger partial charge >= 0.3 is 0 Å². The molecule has 2 heterocycles. The number of thiocarbonyl (C=S) groups is 1. The Kier molecular flexibility index (Phi) is 7.55. The van der Waals surface area contributed by atoms with Crippen molar-refractivity contribution in [3.05, 3.63) is 106 Å². The Balaban J connectivity index is 1.30. The summed E-state index contributed by atoms with van der Waals surface area (Å²) in [4.78, 5) is 15.8. The van der Waals surface area contributed by atoms with Crippen molar-refractivity contribution >= 4 is 51.9 Å². The first kappa shape index (κ1) is 25.9.